The molecule has 4 heteroatoms. The van der Waals surface area contributed by atoms with Crippen LogP contribution in [0.4, 0.5) is 4.39 Å². The highest BCUT2D eigenvalue weighted by molar-refractivity contribution is 5.17. The zero-order valence-corrected chi connectivity index (χ0v) is 10.5. The Kier molecular flexibility index (Phi) is 3.33. The van der Waals surface area contributed by atoms with Gasteiger partial charge in [-0.2, -0.15) is 0 Å². The number of likely N-dealkylation sites (tertiary alicyclic amines) is 1. The summed E-state index contributed by atoms with van der Waals surface area (Å²) < 4.78 is 24.2. The summed E-state index contributed by atoms with van der Waals surface area (Å²) in [5, 5.41) is 0. The van der Waals surface area contributed by atoms with Gasteiger partial charge in [-0.25, -0.2) is 4.39 Å². The number of methoxy groups -OCH3 is 1. The molecule has 98 valence electrons. The first-order chi connectivity index (χ1) is 8.78. The normalized spacial score (nSPS) is 31.8. The SMILES string of the molecule is CO[C@@H]1CN(Cc2cccc(F)c2)[C@H]2COC[C@@H]12. The first-order valence-corrected chi connectivity index (χ1v) is 6.37. The molecule has 0 bridgehead atoms. The minimum absolute atomic E-state index is 0.172. The molecule has 0 aliphatic carbocycles. The van der Waals surface area contributed by atoms with E-state index in [2.05, 4.69) is 4.90 Å². The summed E-state index contributed by atoms with van der Waals surface area (Å²) in [4.78, 5) is 2.35. The molecule has 0 N–H and O–H groups in total. The van der Waals surface area contributed by atoms with Gasteiger partial charge in [0.2, 0.25) is 0 Å². The summed E-state index contributed by atoms with van der Waals surface area (Å²) in [7, 11) is 1.76. The number of hydrogen-bond acceptors (Lipinski definition) is 3. The van der Waals surface area contributed by atoms with Gasteiger partial charge in [0.05, 0.1) is 19.3 Å². The molecule has 0 aromatic heterocycles. The Balaban J connectivity index is 1.73. The Morgan fingerprint density at radius 1 is 1.44 bits per heavy atom. The second kappa shape index (κ2) is 4.96. The lowest BCUT2D eigenvalue weighted by Gasteiger charge is -2.22. The van der Waals surface area contributed by atoms with E-state index in [1.165, 1.54) is 6.07 Å². The highest BCUT2D eigenvalue weighted by Crippen LogP contribution is 2.32. The molecule has 2 aliphatic rings. The van der Waals surface area contributed by atoms with E-state index in [1.807, 2.05) is 6.07 Å². The maximum atomic E-state index is 13.2. The van der Waals surface area contributed by atoms with Gasteiger partial charge in [0.25, 0.3) is 0 Å². The number of fused-ring (bicyclic) bond motifs is 1. The van der Waals surface area contributed by atoms with Crippen molar-refractivity contribution in [3.05, 3.63) is 35.6 Å². The molecule has 1 aromatic carbocycles. The summed E-state index contributed by atoms with van der Waals surface area (Å²) in [6.07, 6.45) is 0.242. The zero-order chi connectivity index (χ0) is 12.5. The third-order valence-corrected chi connectivity index (χ3v) is 4.03. The van der Waals surface area contributed by atoms with E-state index in [-0.39, 0.29) is 11.9 Å². The van der Waals surface area contributed by atoms with E-state index in [0.29, 0.717) is 12.0 Å². The lowest BCUT2D eigenvalue weighted by molar-refractivity contribution is 0.0532. The van der Waals surface area contributed by atoms with Crippen molar-refractivity contribution in [1.82, 2.24) is 4.90 Å². The summed E-state index contributed by atoms with van der Waals surface area (Å²) in [5.74, 6) is 0.290. The molecule has 0 spiro atoms. The largest absolute Gasteiger partial charge is 0.380 e. The number of ether oxygens (including phenoxy) is 2. The molecule has 3 atom stereocenters. The fourth-order valence-electron chi connectivity index (χ4n) is 3.09. The Hall–Kier alpha value is -0.970. The first-order valence-electron chi connectivity index (χ1n) is 6.37. The van der Waals surface area contributed by atoms with Gasteiger partial charge in [0.1, 0.15) is 5.82 Å². The quantitative estimate of drug-likeness (QED) is 0.815. The van der Waals surface area contributed by atoms with Crippen molar-refractivity contribution in [2.45, 2.75) is 18.7 Å². The van der Waals surface area contributed by atoms with Crippen LogP contribution in [0, 0.1) is 11.7 Å². The monoisotopic (exact) mass is 251 g/mol. The molecule has 3 rings (SSSR count). The van der Waals surface area contributed by atoms with Crippen molar-refractivity contribution in [3.8, 4) is 0 Å². The van der Waals surface area contributed by atoms with Crippen LogP contribution in [0.15, 0.2) is 24.3 Å². The van der Waals surface area contributed by atoms with Gasteiger partial charge in [0.15, 0.2) is 0 Å². The standard InChI is InChI=1S/C14H18FNO2/c1-17-14-7-16(13-9-18-8-12(13)14)6-10-3-2-4-11(15)5-10/h2-5,12-14H,6-9H2,1H3/t12-,13+,14-/m1/s1. The van der Waals surface area contributed by atoms with E-state index in [4.69, 9.17) is 9.47 Å². The molecule has 2 fully saturated rings. The van der Waals surface area contributed by atoms with Crippen LogP contribution in [0.25, 0.3) is 0 Å². The highest BCUT2D eigenvalue weighted by Gasteiger charge is 2.45. The predicted molar refractivity (Wildman–Crippen MR) is 65.7 cm³/mol. The summed E-state index contributed by atoms with van der Waals surface area (Å²) in [5.41, 5.74) is 1.01. The number of rotatable bonds is 3. The zero-order valence-electron chi connectivity index (χ0n) is 10.5. The Morgan fingerprint density at radius 3 is 3.11 bits per heavy atom. The molecule has 1 aromatic rings. The van der Waals surface area contributed by atoms with E-state index in [1.54, 1.807) is 19.2 Å². The molecule has 2 saturated heterocycles. The second-order valence-corrected chi connectivity index (χ2v) is 5.10. The summed E-state index contributed by atoms with van der Waals surface area (Å²) in [6.45, 7) is 3.22. The van der Waals surface area contributed by atoms with Crippen LogP contribution in [0.5, 0.6) is 0 Å². The third kappa shape index (κ3) is 2.16. The Morgan fingerprint density at radius 2 is 2.33 bits per heavy atom. The summed E-state index contributed by atoms with van der Waals surface area (Å²) >= 11 is 0. The number of hydrogen-bond donors (Lipinski definition) is 0. The number of nitrogens with zero attached hydrogens (tertiary/aromatic N) is 1. The molecule has 2 heterocycles. The van der Waals surface area contributed by atoms with E-state index in [0.717, 1.165) is 31.9 Å². The maximum absolute atomic E-state index is 13.2. The fraction of sp³-hybridized carbons (Fsp3) is 0.571. The molecule has 0 saturated carbocycles. The number of halogens is 1. The van der Waals surface area contributed by atoms with Crippen LogP contribution < -0.4 is 0 Å². The average Bonchev–Trinajstić information content (AvgIpc) is 2.93. The lowest BCUT2D eigenvalue weighted by Crippen LogP contribution is -2.32. The van der Waals surface area contributed by atoms with Gasteiger partial charge in [-0.15, -0.1) is 0 Å². The molecular weight excluding hydrogens is 233 g/mol. The fourth-order valence-corrected chi connectivity index (χ4v) is 3.09. The maximum Gasteiger partial charge on any atom is 0.123 e. The molecule has 2 aliphatic heterocycles. The van der Waals surface area contributed by atoms with Gasteiger partial charge in [-0.05, 0) is 17.7 Å². The molecule has 18 heavy (non-hydrogen) atoms. The van der Waals surface area contributed by atoms with Gasteiger partial charge in [0, 0.05) is 32.2 Å². The second-order valence-electron chi connectivity index (χ2n) is 5.10. The Bertz CT molecular complexity index is 426. The first kappa shape index (κ1) is 12.1. The smallest absolute Gasteiger partial charge is 0.123 e. The van der Waals surface area contributed by atoms with Crippen LogP contribution in [0.2, 0.25) is 0 Å². The molecule has 0 unspecified atom stereocenters. The van der Waals surface area contributed by atoms with Gasteiger partial charge in [-0.1, -0.05) is 12.1 Å². The van der Waals surface area contributed by atoms with Gasteiger partial charge < -0.3 is 9.47 Å². The molecule has 0 radical (unpaired) electrons. The summed E-state index contributed by atoms with van der Waals surface area (Å²) in [6, 6.07) is 7.22. The van der Waals surface area contributed by atoms with E-state index < -0.39 is 0 Å². The van der Waals surface area contributed by atoms with Crippen molar-refractivity contribution in [3.63, 3.8) is 0 Å². The van der Waals surface area contributed by atoms with Gasteiger partial charge in [-0.3, -0.25) is 4.90 Å². The lowest BCUT2D eigenvalue weighted by atomic mass is 10.0. The van der Waals surface area contributed by atoms with Crippen LogP contribution >= 0.6 is 0 Å². The topological polar surface area (TPSA) is 21.7 Å². The molecule has 3 nitrogen and oxygen atoms in total. The van der Waals surface area contributed by atoms with E-state index in [9.17, 15) is 4.39 Å². The van der Waals surface area contributed by atoms with Crippen LogP contribution in [-0.4, -0.2) is 43.9 Å². The predicted octanol–water partition coefficient (Wildman–Crippen LogP) is 1.67. The van der Waals surface area contributed by atoms with Crippen molar-refractivity contribution < 1.29 is 13.9 Å². The minimum Gasteiger partial charge on any atom is -0.380 e. The molecule has 0 amide bonds. The molecular formula is C14H18FNO2. The highest BCUT2D eigenvalue weighted by atomic mass is 19.1. The minimum atomic E-state index is -0.172. The van der Waals surface area contributed by atoms with Crippen LogP contribution in [0.3, 0.4) is 0 Å². The third-order valence-electron chi connectivity index (χ3n) is 4.03. The number of benzene rings is 1. The van der Waals surface area contributed by atoms with Gasteiger partial charge >= 0.3 is 0 Å². The van der Waals surface area contributed by atoms with Crippen LogP contribution in [-0.2, 0) is 16.0 Å². The van der Waals surface area contributed by atoms with Crippen molar-refractivity contribution in [2.75, 3.05) is 26.9 Å². The van der Waals surface area contributed by atoms with E-state index >= 15 is 0 Å². The van der Waals surface area contributed by atoms with Crippen molar-refractivity contribution in [2.24, 2.45) is 5.92 Å². The van der Waals surface area contributed by atoms with Crippen molar-refractivity contribution >= 4 is 0 Å². The Labute approximate surface area is 106 Å². The average molecular weight is 251 g/mol. The van der Waals surface area contributed by atoms with Crippen molar-refractivity contribution in [1.29, 1.82) is 0 Å². The van der Waals surface area contributed by atoms with Crippen LogP contribution in [0.1, 0.15) is 5.56 Å².